The van der Waals surface area contributed by atoms with Gasteiger partial charge in [-0.1, -0.05) is 11.6 Å². The van der Waals surface area contributed by atoms with Gasteiger partial charge in [-0.3, -0.25) is 4.79 Å². The van der Waals surface area contributed by atoms with Gasteiger partial charge in [0.25, 0.3) is 0 Å². The van der Waals surface area contributed by atoms with Crippen molar-refractivity contribution in [3.05, 3.63) is 29.3 Å². The van der Waals surface area contributed by atoms with Crippen LogP contribution in [0.15, 0.2) is 24.3 Å². The summed E-state index contributed by atoms with van der Waals surface area (Å²) >= 11 is 5.86. The Hall–Kier alpha value is -1.26. The highest BCUT2D eigenvalue weighted by Crippen LogP contribution is 2.20. The zero-order valence-electron chi connectivity index (χ0n) is 15.0. The van der Waals surface area contributed by atoms with Crippen LogP contribution in [0.25, 0.3) is 0 Å². The van der Waals surface area contributed by atoms with Crippen LogP contribution < -0.4 is 4.74 Å². The Bertz CT molecular complexity index is 519. The lowest BCUT2D eigenvalue weighted by molar-refractivity contribution is -0.136. The molecule has 1 fully saturated rings. The van der Waals surface area contributed by atoms with Crippen LogP contribution in [-0.2, 0) is 4.79 Å². The maximum absolute atomic E-state index is 11.9. The number of likely N-dealkylation sites (tertiary alicyclic amines) is 1. The molecule has 0 saturated carbocycles. The molecule has 24 heavy (non-hydrogen) atoms. The molecule has 1 aromatic rings. The molecule has 1 aromatic carbocycles. The lowest BCUT2D eigenvalue weighted by atomic mass is 9.96. The average Bonchev–Trinajstić information content (AvgIpc) is 2.55. The molecular weight excluding hydrogens is 324 g/mol. The molecule has 0 N–H and O–H groups in total. The van der Waals surface area contributed by atoms with E-state index in [1.807, 2.05) is 29.2 Å². The molecule has 1 heterocycles. The molecule has 1 aliphatic rings. The summed E-state index contributed by atoms with van der Waals surface area (Å²) in [7, 11) is 2.15. The monoisotopic (exact) mass is 352 g/mol. The van der Waals surface area contributed by atoms with Crippen molar-refractivity contribution in [3.63, 3.8) is 0 Å². The van der Waals surface area contributed by atoms with Crippen molar-refractivity contribution in [3.8, 4) is 5.75 Å². The minimum Gasteiger partial charge on any atom is -0.494 e. The zero-order chi connectivity index (χ0) is 17.5. The minimum atomic E-state index is 0.304. The maximum atomic E-state index is 11.9. The Kier molecular flexibility index (Phi) is 7.38. The predicted molar refractivity (Wildman–Crippen MR) is 98.6 cm³/mol. The normalized spacial score (nSPS) is 18.5. The number of amides is 1. The maximum Gasteiger partial charge on any atom is 0.222 e. The molecule has 1 saturated heterocycles. The molecule has 0 aliphatic carbocycles. The second kappa shape index (κ2) is 9.28. The van der Waals surface area contributed by atoms with E-state index in [4.69, 9.17) is 16.3 Å². The second-order valence-corrected chi connectivity index (χ2v) is 7.40. The van der Waals surface area contributed by atoms with E-state index in [-0.39, 0.29) is 0 Å². The first-order valence-corrected chi connectivity index (χ1v) is 9.20. The van der Waals surface area contributed by atoms with Gasteiger partial charge in [0.15, 0.2) is 0 Å². The number of hydrogen-bond acceptors (Lipinski definition) is 3. The Morgan fingerprint density at radius 3 is 2.71 bits per heavy atom. The molecule has 0 spiro atoms. The quantitative estimate of drug-likeness (QED) is 0.669. The summed E-state index contributed by atoms with van der Waals surface area (Å²) in [6.45, 7) is 7.82. The molecule has 1 atom stereocenters. The Balaban J connectivity index is 1.65. The SMILES string of the molecule is CC(C)N1CC(CN(C)CCCOc2ccc(Cl)cc2)CCC1=O. The van der Waals surface area contributed by atoms with Crippen molar-refractivity contribution < 1.29 is 9.53 Å². The Labute approximate surface area is 150 Å². The van der Waals surface area contributed by atoms with Crippen LogP contribution in [0.4, 0.5) is 0 Å². The van der Waals surface area contributed by atoms with Crippen LogP contribution in [0.1, 0.15) is 33.1 Å². The van der Waals surface area contributed by atoms with Gasteiger partial charge in [0.2, 0.25) is 5.91 Å². The van der Waals surface area contributed by atoms with Gasteiger partial charge in [0.1, 0.15) is 5.75 Å². The third-order valence-electron chi connectivity index (χ3n) is 4.50. The van der Waals surface area contributed by atoms with Crippen molar-refractivity contribution in [1.82, 2.24) is 9.80 Å². The molecule has 2 rings (SSSR count). The van der Waals surface area contributed by atoms with Crippen LogP contribution in [-0.4, -0.2) is 55.0 Å². The van der Waals surface area contributed by atoms with E-state index >= 15 is 0 Å². The number of nitrogens with zero attached hydrogens (tertiary/aromatic N) is 2. The molecular formula is C19H29ClN2O2. The fraction of sp³-hybridized carbons (Fsp3) is 0.632. The molecule has 0 aromatic heterocycles. The zero-order valence-corrected chi connectivity index (χ0v) is 15.8. The van der Waals surface area contributed by atoms with Crippen LogP contribution in [0.5, 0.6) is 5.75 Å². The lowest BCUT2D eigenvalue weighted by Crippen LogP contribution is -2.46. The average molecular weight is 353 g/mol. The van der Waals surface area contributed by atoms with Gasteiger partial charge in [-0.05, 0) is 63.9 Å². The van der Waals surface area contributed by atoms with Crippen LogP contribution >= 0.6 is 11.6 Å². The molecule has 5 heteroatoms. The number of benzene rings is 1. The van der Waals surface area contributed by atoms with Crippen molar-refractivity contribution in [2.45, 2.75) is 39.2 Å². The summed E-state index contributed by atoms with van der Waals surface area (Å²) < 4.78 is 5.73. The van der Waals surface area contributed by atoms with Crippen LogP contribution in [0, 0.1) is 5.92 Å². The highest BCUT2D eigenvalue weighted by molar-refractivity contribution is 6.30. The summed E-state index contributed by atoms with van der Waals surface area (Å²) in [5, 5.41) is 0.725. The Morgan fingerprint density at radius 1 is 1.33 bits per heavy atom. The smallest absolute Gasteiger partial charge is 0.222 e. The highest BCUT2D eigenvalue weighted by atomic mass is 35.5. The number of rotatable bonds is 8. The number of carbonyl (C=O) groups is 1. The van der Waals surface area contributed by atoms with Crippen molar-refractivity contribution in [2.75, 3.05) is 33.3 Å². The second-order valence-electron chi connectivity index (χ2n) is 6.96. The first-order chi connectivity index (χ1) is 11.5. The van der Waals surface area contributed by atoms with Crippen molar-refractivity contribution in [2.24, 2.45) is 5.92 Å². The van der Waals surface area contributed by atoms with E-state index in [9.17, 15) is 4.79 Å². The van der Waals surface area contributed by atoms with E-state index in [1.54, 1.807) is 0 Å². The molecule has 134 valence electrons. The number of piperidine rings is 1. The van der Waals surface area contributed by atoms with Crippen LogP contribution in [0.3, 0.4) is 0 Å². The number of halogens is 1. The van der Waals surface area contributed by atoms with E-state index in [0.29, 0.717) is 30.9 Å². The van der Waals surface area contributed by atoms with Gasteiger partial charge in [0, 0.05) is 37.1 Å². The van der Waals surface area contributed by atoms with E-state index in [2.05, 4.69) is 25.8 Å². The summed E-state index contributed by atoms with van der Waals surface area (Å²) in [6, 6.07) is 7.78. The van der Waals surface area contributed by atoms with E-state index in [1.165, 1.54) is 0 Å². The minimum absolute atomic E-state index is 0.304. The summed E-state index contributed by atoms with van der Waals surface area (Å²) in [5.74, 6) is 1.74. The molecule has 0 bridgehead atoms. The molecule has 1 aliphatic heterocycles. The van der Waals surface area contributed by atoms with Crippen molar-refractivity contribution >= 4 is 17.5 Å². The topological polar surface area (TPSA) is 32.8 Å². The third-order valence-corrected chi connectivity index (χ3v) is 4.75. The molecule has 0 radical (unpaired) electrons. The summed E-state index contributed by atoms with van der Waals surface area (Å²) in [6.07, 6.45) is 2.68. The Morgan fingerprint density at radius 2 is 2.04 bits per heavy atom. The predicted octanol–water partition coefficient (Wildman–Crippen LogP) is 3.69. The van der Waals surface area contributed by atoms with Gasteiger partial charge in [0.05, 0.1) is 6.61 Å². The van der Waals surface area contributed by atoms with Gasteiger partial charge in [-0.2, -0.15) is 0 Å². The van der Waals surface area contributed by atoms with E-state index in [0.717, 1.165) is 43.2 Å². The number of carbonyl (C=O) groups excluding carboxylic acids is 1. The van der Waals surface area contributed by atoms with Gasteiger partial charge in [-0.15, -0.1) is 0 Å². The number of hydrogen-bond donors (Lipinski definition) is 0. The standard InChI is InChI=1S/C19H29ClN2O2/c1-15(2)22-14-16(5-10-19(22)23)13-21(3)11-4-12-24-18-8-6-17(20)7-9-18/h6-9,15-16H,4-5,10-14H2,1-3H3. The van der Waals surface area contributed by atoms with Gasteiger partial charge >= 0.3 is 0 Å². The fourth-order valence-electron chi connectivity index (χ4n) is 3.18. The third kappa shape index (κ3) is 5.99. The largest absolute Gasteiger partial charge is 0.494 e. The van der Waals surface area contributed by atoms with Crippen molar-refractivity contribution in [1.29, 1.82) is 0 Å². The first-order valence-electron chi connectivity index (χ1n) is 8.82. The highest BCUT2D eigenvalue weighted by Gasteiger charge is 2.27. The lowest BCUT2D eigenvalue weighted by Gasteiger charge is -2.37. The molecule has 4 nitrogen and oxygen atoms in total. The van der Waals surface area contributed by atoms with Gasteiger partial charge < -0.3 is 14.5 Å². The first kappa shape index (κ1) is 19.1. The van der Waals surface area contributed by atoms with E-state index < -0.39 is 0 Å². The number of ether oxygens (including phenoxy) is 1. The summed E-state index contributed by atoms with van der Waals surface area (Å²) in [5.41, 5.74) is 0. The molecule has 1 amide bonds. The van der Waals surface area contributed by atoms with Gasteiger partial charge in [-0.25, -0.2) is 0 Å². The summed E-state index contributed by atoms with van der Waals surface area (Å²) in [4.78, 5) is 16.3. The van der Waals surface area contributed by atoms with Crippen LogP contribution in [0.2, 0.25) is 5.02 Å². The molecule has 1 unspecified atom stereocenters. The fourth-order valence-corrected chi connectivity index (χ4v) is 3.30.